The summed E-state index contributed by atoms with van der Waals surface area (Å²) in [5.41, 5.74) is 6.71. The number of carbonyl (C=O) groups is 2. The van der Waals surface area contributed by atoms with Gasteiger partial charge in [-0.3, -0.25) is 9.59 Å². The quantitative estimate of drug-likeness (QED) is 0.180. The maximum atomic E-state index is 12.4. The number of benzene rings is 3. The molecule has 206 valence electrons. The predicted molar refractivity (Wildman–Crippen MR) is 148 cm³/mol. The average molecular weight is 534 g/mol. The SMILES string of the molecule is Cc1ccc(CCCNC(=O)Cc2ccc(OCCNC(=O)c3ccc(CO[N+](=O)[O-])cc3)c(C)c2)cc1C. The Kier molecular flexibility index (Phi) is 10.9. The van der Waals surface area contributed by atoms with Crippen molar-refractivity contribution in [2.75, 3.05) is 19.7 Å². The minimum atomic E-state index is -0.858. The highest BCUT2D eigenvalue weighted by atomic mass is 16.9. The predicted octanol–water partition coefficient (Wildman–Crippen LogP) is 4.42. The lowest BCUT2D eigenvalue weighted by atomic mass is 10.0. The first-order valence-electron chi connectivity index (χ1n) is 12.9. The second-order valence-corrected chi connectivity index (χ2v) is 9.45. The van der Waals surface area contributed by atoms with Gasteiger partial charge in [0.15, 0.2) is 0 Å². The maximum Gasteiger partial charge on any atom is 0.294 e. The molecule has 0 radical (unpaired) electrons. The van der Waals surface area contributed by atoms with Gasteiger partial charge in [0.2, 0.25) is 5.91 Å². The molecule has 0 aromatic heterocycles. The Morgan fingerprint density at radius 2 is 1.51 bits per heavy atom. The summed E-state index contributed by atoms with van der Waals surface area (Å²) in [5, 5.41) is 15.2. The molecule has 0 heterocycles. The Hall–Kier alpha value is -4.40. The van der Waals surface area contributed by atoms with Gasteiger partial charge in [0.25, 0.3) is 11.0 Å². The van der Waals surface area contributed by atoms with Gasteiger partial charge in [-0.25, -0.2) is 0 Å². The largest absolute Gasteiger partial charge is 0.491 e. The fourth-order valence-electron chi connectivity index (χ4n) is 4.02. The van der Waals surface area contributed by atoms with Crippen LogP contribution < -0.4 is 15.4 Å². The number of hydrogen-bond donors (Lipinski definition) is 2. The van der Waals surface area contributed by atoms with Crippen LogP contribution in [0.2, 0.25) is 0 Å². The maximum absolute atomic E-state index is 12.4. The van der Waals surface area contributed by atoms with Crippen LogP contribution in [0.3, 0.4) is 0 Å². The van der Waals surface area contributed by atoms with E-state index in [1.165, 1.54) is 16.7 Å². The fraction of sp³-hybridized carbons (Fsp3) is 0.333. The fourth-order valence-corrected chi connectivity index (χ4v) is 4.02. The lowest BCUT2D eigenvalue weighted by Gasteiger charge is -2.12. The van der Waals surface area contributed by atoms with Crippen LogP contribution in [0.15, 0.2) is 60.7 Å². The minimum absolute atomic E-state index is 0.00999. The van der Waals surface area contributed by atoms with Crippen molar-refractivity contribution in [3.8, 4) is 5.75 Å². The molecule has 2 amide bonds. The van der Waals surface area contributed by atoms with Gasteiger partial charge in [0.05, 0.1) is 13.0 Å². The summed E-state index contributed by atoms with van der Waals surface area (Å²) in [4.78, 5) is 39.2. The molecule has 2 N–H and O–H groups in total. The topological polar surface area (TPSA) is 120 Å². The Balaban J connectivity index is 1.35. The van der Waals surface area contributed by atoms with Crippen molar-refractivity contribution in [3.05, 3.63) is 110 Å². The molecule has 0 aliphatic rings. The summed E-state index contributed by atoms with van der Waals surface area (Å²) < 4.78 is 5.80. The zero-order valence-corrected chi connectivity index (χ0v) is 22.6. The van der Waals surface area contributed by atoms with E-state index in [1.54, 1.807) is 24.3 Å². The zero-order valence-electron chi connectivity index (χ0n) is 22.6. The van der Waals surface area contributed by atoms with Gasteiger partial charge >= 0.3 is 0 Å². The first-order valence-corrected chi connectivity index (χ1v) is 12.9. The highest BCUT2D eigenvalue weighted by Gasteiger charge is 2.08. The molecule has 0 aliphatic carbocycles. The minimum Gasteiger partial charge on any atom is -0.491 e. The van der Waals surface area contributed by atoms with Crippen molar-refractivity contribution in [2.45, 2.75) is 46.6 Å². The molecule has 3 rings (SSSR count). The number of aryl methyl sites for hydroxylation is 4. The number of nitrogens with zero attached hydrogens (tertiary/aromatic N) is 1. The van der Waals surface area contributed by atoms with E-state index in [1.807, 2.05) is 25.1 Å². The molecule has 3 aromatic rings. The second-order valence-electron chi connectivity index (χ2n) is 9.45. The molecule has 39 heavy (non-hydrogen) atoms. The molecule has 9 heteroatoms. The average Bonchev–Trinajstić information content (AvgIpc) is 2.91. The van der Waals surface area contributed by atoms with E-state index in [9.17, 15) is 19.7 Å². The van der Waals surface area contributed by atoms with E-state index >= 15 is 0 Å². The van der Waals surface area contributed by atoms with Gasteiger partial charge in [0, 0.05) is 12.1 Å². The molecule has 0 fully saturated rings. The van der Waals surface area contributed by atoms with E-state index in [4.69, 9.17) is 4.74 Å². The zero-order chi connectivity index (χ0) is 28.2. The van der Waals surface area contributed by atoms with E-state index in [0.29, 0.717) is 36.4 Å². The first kappa shape index (κ1) is 29.2. The van der Waals surface area contributed by atoms with Crippen molar-refractivity contribution in [3.63, 3.8) is 0 Å². The van der Waals surface area contributed by atoms with Crippen LogP contribution in [0.1, 0.15) is 50.2 Å². The molecule has 0 saturated heterocycles. The molecular formula is C30H35N3O6. The lowest BCUT2D eigenvalue weighted by Crippen LogP contribution is -2.28. The van der Waals surface area contributed by atoms with Crippen molar-refractivity contribution < 1.29 is 24.3 Å². The molecule has 0 saturated carbocycles. The van der Waals surface area contributed by atoms with Crippen LogP contribution >= 0.6 is 0 Å². The monoisotopic (exact) mass is 533 g/mol. The Bertz CT molecular complexity index is 1290. The number of ether oxygens (including phenoxy) is 1. The number of nitrogens with one attached hydrogen (secondary N) is 2. The van der Waals surface area contributed by atoms with Gasteiger partial charge in [-0.1, -0.05) is 42.5 Å². The molecule has 0 atom stereocenters. The van der Waals surface area contributed by atoms with Crippen LogP contribution in [0, 0.1) is 30.9 Å². The summed E-state index contributed by atoms with van der Waals surface area (Å²) in [6, 6.07) is 18.5. The number of carbonyl (C=O) groups excluding carboxylic acids is 2. The van der Waals surface area contributed by atoms with Gasteiger partial charge in [-0.05, 0) is 85.2 Å². The van der Waals surface area contributed by atoms with E-state index in [2.05, 4.69) is 47.5 Å². The molecule has 9 nitrogen and oxygen atoms in total. The summed E-state index contributed by atoms with van der Waals surface area (Å²) in [6.45, 7) is 7.19. The lowest BCUT2D eigenvalue weighted by molar-refractivity contribution is -0.763. The normalized spacial score (nSPS) is 10.5. The second kappa shape index (κ2) is 14.5. The number of rotatable bonds is 14. The molecule has 0 spiro atoms. The van der Waals surface area contributed by atoms with Crippen LogP contribution in [0.25, 0.3) is 0 Å². The first-order chi connectivity index (χ1) is 18.7. The molecule has 0 bridgehead atoms. The third-order valence-corrected chi connectivity index (χ3v) is 6.34. The molecule has 3 aromatic carbocycles. The summed E-state index contributed by atoms with van der Waals surface area (Å²) >= 11 is 0. The van der Waals surface area contributed by atoms with Crippen molar-refractivity contribution >= 4 is 11.8 Å². The number of hydrogen-bond acceptors (Lipinski definition) is 6. The van der Waals surface area contributed by atoms with Gasteiger partial charge in [-0.15, -0.1) is 10.1 Å². The van der Waals surface area contributed by atoms with Crippen LogP contribution in [-0.4, -0.2) is 36.6 Å². The van der Waals surface area contributed by atoms with Crippen LogP contribution in [0.4, 0.5) is 0 Å². The highest BCUT2D eigenvalue weighted by Crippen LogP contribution is 2.19. The molecule has 0 aliphatic heterocycles. The van der Waals surface area contributed by atoms with Gasteiger partial charge < -0.3 is 20.2 Å². The number of amides is 2. The van der Waals surface area contributed by atoms with Gasteiger partial charge in [-0.2, -0.15) is 0 Å². The summed E-state index contributed by atoms with van der Waals surface area (Å²) in [6.07, 6.45) is 2.12. The van der Waals surface area contributed by atoms with Crippen molar-refractivity contribution in [2.24, 2.45) is 0 Å². The van der Waals surface area contributed by atoms with Gasteiger partial charge in [0.1, 0.15) is 19.0 Å². The third-order valence-electron chi connectivity index (χ3n) is 6.34. The van der Waals surface area contributed by atoms with E-state index < -0.39 is 5.09 Å². The highest BCUT2D eigenvalue weighted by molar-refractivity contribution is 5.94. The summed E-state index contributed by atoms with van der Waals surface area (Å²) in [7, 11) is 0. The van der Waals surface area contributed by atoms with Crippen molar-refractivity contribution in [1.82, 2.24) is 10.6 Å². The smallest absolute Gasteiger partial charge is 0.294 e. The molecule has 0 unspecified atom stereocenters. The Morgan fingerprint density at radius 1 is 0.821 bits per heavy atom. The molecular weight excluding hydrogens is 498 g/mol. The van der Waals surface area contributed by atoms with E-state index in [0.717, 1.165) is 24.0 Å². The third kappa shape index (κ3) is 9.77. The Morgan fingerprint density at radius 3 is 2.21 bits per heavy atom. The summed E-state index contributed by atoms with van der Waals surface area (Å²) in [5.74, 6) is 0.411. The Labute approximate surface area is 228 Å². The van der Waals surface area contributed by atoms with E-state index in [-0.39, 0.29) is 25.0 Å². The standard InChI is InChI=1S/C30H35N3O6/c1-21-6-7-24(17-22(21)2)5-4-14-31-29(34)19-26-10-13-28(23(3)18-26)38-16-15-32-30(35)27-11-8-25(9-12-27)20-39-33(36)37/h6-13,17-18H,4-5,14-16,19-20H2,1-3H3,(H,31,34)(H,32,35). The van der Waals surface area contributed by atoms with Crippen LogP contribution in [0.5, 0.6) is 5.75 Å². The van der Waals surface area contributed by atoms with Crippen molar-refractivity contribution in [1.29, 1.82) is 0 Å². The van der Waals surface area contributed by atoms with Crippen LogP contribution in [-0.2, 0) is 29.1 Å².